The Balaban J connectivity index is 1.12. The Bertz CT molecular complexity index is 1360. The standard InChI is InChI=1S/C24H22ClFN8O2/c1-27-23-18(26)5-2-17(22(23)25)20-11-32-8-9-33(10-14(32)12-36-20)24(35)16-3-6-19-15(16)4-7-21(29-19)34-13-28-30-31-34/h2,4-5,7,13-14,16,20H,3,6,8-12H2/t14-,16?,20-/m1/s1. The van der Waals surface area contributed by atoms with Gasteiger partial charge in [0.25, 0.3) is 0 Å². The van der Waals surface area contributed by atoms with Gasteiger partial charge in [-0.15, -0.1) is 5.10 Å². The van der Waals surface area contributed by atoms with Crippen molar-refractivity contribution in [2.75, 3.05) is 32.8 Å². The van der Waals surface area contributed by atoms with Gasteiger partial charge in [-0.3, -0.25) is 9.69 Å². The van der Waals surface area contributed by atoms with E-state index in [1.54, 1.807) is 6.07 Å². The number of fused-ring (bicyclic) bond motifs is 2. The van der Waals surface area contributed by atoms with Crippen molar-refractivity contribution in [3.8, 4) is 5.82 Å². The lowest BCUT2D eigenvalue weighted by Crippen LogP contribution is -2.60. The number of hydrogen-bond donors (Lipinski definition) is 0. The van der Waals surface area contributed by atoms with Crippen LogP contribution in [0.1, 0.15) is 35.3 Å². The molecule has 1 aliphatic carbocycles. The van der Waals surface area contributed by atoms with Crippen molar-refractivity contribution < 1.29 is 13.9 Å². The lowest BCUT2D eigenvalue weighted by molar-refractivity contribution is -0.141. The first-order chi connectivity index (χ1) is 17.5. The first-order valence-corrected chi connectivity index (χ1v) is 12.1. The summed E-state index contributed by atoms with van der Waals surface area (Å²) in [5, 5.41) is 11.3. The summed E-state index contributed by atoms with van der Waals surface area (Å²) in [5.41, 5.74) is 2.34. The van der Waals surface area contributed by atoms with Crippen LogP contribution in [-0.2, 0) is 16.0 Å². The molecule has 1 unspecified atom stereocenters. The summed E-state index contributed by atoms with van der Waals surface area (Å²) in [7, 11) is 0. The zero-order chi connectivity index (χ0) is 24.8. The third kappa shape index (κ3) is 3.91. The van der Waals surface area contributed by atoms with E-state index in [0.717, 1.165) is 24.1 Å². The predicted molar refractivity (Wildman–Crippen MR) is 126 cm³/mol. The van der Waals surface area contributed by atoms with Gasteiger partial charge < -0.3 is 9.64 Å². The van der Waals surface area contributed by atoms with Gasteiger partial charge in [-0.2, -0.15) is 4.68 Å². The number of nitrogens with zero attached hydrogens (tertiary/aromatic N) is 8. The zero-order valence-corrected chi connectivity index (χ0v) is 20.0. The Labute approximate surface area is 211 Å². The maximum atomic E-state index is 13.9. The van der Waals surface area contributed by atoms with Crippen LogP contribution in [0.3, 0.4) is 0 Å². The van der Waals surface area contributed by atoms with Crippen molar-refractivity contribution in [3.05, 3.63) is 69.7 Å². The highest BCUT2D eigenvalue weighted by atomic mass is 35.5. The van der Waals surface area contributed by atoms with Crippen LogP contribution in [0.15, 0.2) is 30.6 Å². The number of rotatable bonds is 3. The second-order valence-electron chi connectivity index (χ2n) is 9.22. The molecule has 6 rings (SSSR count). The molecule has 2 saturated heterocycles. The molecule has 3 atom stereocenters. The number of ether oxygens (including phenoxy) is 1. The minimum absolute atomic E-state index is 0.0692. The molecule has 2 aliphatic heterocycles. The number of pyridine rings is 1. The zero-order valence-electron chi connectivity index (χ0n) is 19.2. The number of halogens is 2. The minimum atomic E-state index is -0.630. The van der Waals surface area contributed by atoms with Crippen LogP contribution in [0.5, 0.6) is 0 Å². The van der Waals surface area contributed by atoms with E-state index < -0.39 is 5.82 Å². The van der Waals surface area contributed by atoms with Crippen LogP contribution in [-0.4, -0.2) is 79.7 Å². The summed E-state index contributed by atoms with van der Waals surface area (Å²) in [4.78, 5) is 25.6. The van der Waals surface area contributed by atoms with Crippen molar-refractivity contribution >= 4 is 23.2 Å². The van der Waals surface area contributed by atoms with Crippen LogP contribution in [0, 0.1) is 12.4 Å². The maximum Gasteiger partial charge on any atom is 0.240 e. The number of carbonyl (C=O) groups excluding carboxylic acids is 1. The van der Waals surface area contributed by atoms with Gasteiger partial charge in [0.15, 0.2) is 5.82 Å². The van der Waals surface area contributed by atoms with Crippen LogP contribution in [0.4, 0.5) is 10.1 Å². The van der Waals surface area contributed by atoms with Gasteiger partial charge in [0.05, 0.1) is 36.3 Å². The topological polar surface area (TPSA) is 93.6 Å². The Morgan fingerprint density at radius 1 is 1.19 bits per heavy atom. The molecule has 2 aromatic heterocycles. The summed E-state index contributed by atoms with van der Waals surface area (Å²) in [5.74, 6) is -0.0749. The number of aryl methyl sites for hydroxylation is 1. The highest BCUT2D eigenvalue weighted by Crippen LogP contribution is 2.39. The summed E-state index contributed by atoms with van der Waals surface area (Å²) < 4.78 is 21.5. The van der Waals surface area contributed by atoms with E-state index in [1.807, 2.05) is 17.0 Å². The molecule has 10 nitrogen and oxygen atoms in total. The second-order valence-corrected chi connectivity index (χ2v) is 9.59. The molecule has 2 fully saturated rings. The van der Waals surface area contributed by atoms with Gasteiger partial charge in [-0.05, 0) is 46.5 Å². The fraction of sp³-hybridized carbons (Fsp3) is 0.417. The number of aromatic nitrogens is 5. The molecule has 1 aromatic carbocycles. The molecule has 0 N–H and O–H groups in total. The highest BCUT2D eigenvalue weighted by molar-refractivity contribution is 6.34. The number of benzene rings is 1. The van der Waals surface area contributed by atoms with Crippen molar-refractivity contribution in [1.29, 1.82) is 0 Å². The van der Waals surface area contributed by atoms with Crippen LogP contribution < -0.4 is 0 Å². The predicted octanol–water partition coefficient (Wildman–Crippen LogP) is 2.71. The van der Waals surface area contributed by atoms with Gasteiger partial charge in [-0.25, -0.2) is 14.2 Å². The largest absolute Gasteiger partial charge is 0.370 e. The molecule has 3 aliphatic rings. The molecule has 0 radical (unpaired) electrons. The van der Waals surface area contributed by atoms with Crippen molar-refractivity contribution in [2.45, 2.75) is 30.9 Å². The molecule has 0 saturated carbocycles. The van der Waals surface area contributed by atoms with Crippen molar-refractivity contribution in [2.24, 2.45) is 0 Å². The lowest BCUT2D eigenvalue weighted by atomic mass is 9.99. The molecule has 3 aromatic rings. The average Bonchev–Trinajstić information content (AvgIpc) is 3.58. The Hall–Kier alpha value is -3.46. The Morgan fingerprint density at radius 2 is 2.06 bits per heavy atom. The fourth-order valence-electron chi connectivity index (χ4n) is 5.41. The highest BCUT2D eigenvalue weighted by Gasteiger charge is 2.39. The SMILES string of the molecule is [C-]#[N+]c1c(F)ccc([C@H]2CN3CCN(C(=O)C4CCc5nc(-n6cnnn6)ccc54)C[C@@H]3CO2)c1Cl. The van der Waals surface area contributed by atoms with E-state index in [4.69, 9.17) is 22.9 Å². The molecule has 36 heavy (non-hydrogen) atoms. The van der Waals surface area contributed by atoms with Gasteiger partial charge in [0.1, 0.15) is 12.1 Å². The monoisotopic (exact) mass is 508 g/mol. The first-order valence-electron chi connectivity index (χ1n) is 11.8. The minimum Gasteiger partial charge on any atom is -0.370 e. The van der Waals surface area contributed by atoms with Crippen molar-refractivity contribution in [1.82, 2.24) is 35.0 Å². The number of piperazine rings is 1. The third-order valence-corrected chi connectivity index (χ3v) is 7.68. The van der Waals surface area contributed by atoms with Gasteiger partial charge in [0, 0.05) is 31.9 Å². The quantitative estimate of drug-likeness (QED) is 0.502. The van der Waals surface area contributed by atoms with E-state index in [1.165, 1.54) is 17.1 Å². The molecule has 4 heterocycles. The first kappa shape index (κ1) is 23.0. The van der Waals surface area contributed by atoms with Crippen molar-refractivity contribution in [3.63, 3.8) is 0 Å². The number of amides is 1. The summed E-state index contributed by atoms with van der Waals surface area (Å²) in [6, 6.07) is 6.73. The number of morpholine rings is 1. The third-order valence-electron chi connectivity index (χ3n) is 7.28. The molecule has 12 heteroatoms. The summed E-state index contributed by atoms with van der Waals surface area (Å²) >= 11 is 6.32. The van der Waals surface area contributed by atoms with E-state index in [9.17, 15) is 9.18 Å². The van der Waals surface area contributed by atoms with Gasteiger partial charge >= 0.3 is 0 Å². The molecule has 0 bridgehead atoms. The van der Waals surface area contributed by atoms with Gasteiger partial charge in [0.2, 0.25) is 11.6 Å². The molecular weight excluding hydrogens is 487 g/mol. The van der Waals surface area contributed by atoms with Crippen LogP contribution >= 0.6 is 11.6 Å². The van der Waals surface area contributed by atoms with Crippen LogP contribution in [0.25, 0.3) is 10.7 Å². The molecular formula is C24H22ClFN8O2. The maximum absolute atomic E-state index is 13.9. The lowest BCUT2D eigenvalue weighted by Gasteiger charge is -2.46. The summed E-state index contributed by atoms with van der Waals surface area (Å²) in [6.45, 7) is 10.1. The van der Waals surface area contributed by atoms with Crippen LogP contribution in [0.2, 0.25) is 5.02 Å². The number of carbonyl (C=O) groups is 1. The Kier molecular flexibility index (Phi) is 5.87. The molecule has 0 spiro atoms. The summed E-state index contributed by atoms with van der Waals surface area (Å²) in [6.07, 6.45) is 2.62. The van der Waals surface area contributed by atoms with E-state index >= 15 is 0 Å². The van der Waals surface area contributed by atoms with Gasteiger partial charge in [-0.1, -0.05) is 23.7 Å². The normalized spacial score (nSPS) is 23.7. The van der Waals surface area contributed by atoms with E-state index in [-0.39, 0.29) is 34.7 Å². The van der Waals surface area contributed by atoms with E-state index in [2.05, 4.69) is 30.3 Å². The second kappa shape index (κ2) is 9.20. The number of hydrogen-bond acceptors (Lipinski definition) is 7. The number of tetrazole rings is 1. The molecule has 184 valence electrons. The fourth-order valence-corrected chi connectivity index (χ4v) is 5.72. The Morgan fingerprint density at radius 3 is 2.86 bits per heavy atom. The van der Waals surface area contributed by atoms with E-state index in [0.29, 0.717) is 44.2 Å². The average molecular weight is 509 g/mol. The molecule has 1 amide bonds. The smallest absolute Gasteiger partial charge is 0.240 e.